The lowest BCUT2D eigenvalue weighted by molar-refractivity contribution is 0.0810. The Kier molecular flexibility index (Phi) is 5.92. The van der Waals surface area contributed by atoms with E-state index in [1.807, 2.05) is 12.1 Å². The molecule has 3 rings (SSSR count). The molecule has 2 heterocycles. The maximum absolute atomic E-state index is 12.7. The van der Waals surface area contributed by atoms with Gasteiger partial charge in [0.1, 0.15) is 0 Å². The van der Waals surface area contributed by atoms with Crippen LogP contribution in [0.3, 0.4) is 0 Å². The van der Waals surface area contributed by atoms with Gasteiger partial charge in [0.15, 0.2) is 5.78 Å². The number of hydrogen-bond donors (Lipinski definition) is 1. The van der Waals surface area contributed by atoms with Gasteiger partial charge in [-0.3, -0.25) is 14.8 Å². The molecule has 0 unspecified atom stereocenters. The van der Waals surface area contributed by atoms with Crippen LogP contribution in [0.25, 0.3) is 0 Å². The Morgan fingerprint density at radius 2 is 2.12 bits per heavy atom. The summed E-state index contributed by atoms with van der Waals surface area (Å²) in [4.78, 5) is 15.1. The van der Waals surface area contributed by atoms with Crippen LogP contribution in [0.5, 0.6) is 0 Å². The van der Waals surface area contributed by atoms with Gasteiger partial charge in [0.2, 0.25) is 0 Å². The van der Waals surface area contributed by atoms with Crippen LogP contribution in [0.2, 0.25) is 5.02 Å². The molecule has 2 aromatic rings. The number of Topliss-reactive ketones (excluding diaryl/α,β-unsaturated/α-hetero) is 1. The van der Waals surface area contributed by atoms with Crippen molar-refractivity contribution in [3.63, 3.8) is 0 Å². The van der Waals surface area contributed by atoms with Crippen molar-refractivity contribution in [3.05, 3.63) is 52.3 Å². The Bertz CT molecular complexity index is 708. The molecule has 1 aromatic heterocycles. The van der Waals surface area contributed by atoms with E-state index in [0.29, 0.717) is 10.9 Å². The molecular formula is C20H26ClN3O. The van der Waals surface area contributed by atoms with Crippen molar-refractivity contribution in [2.45, 2.75) is 39.7 Å². The zero-order valence-corrected chi connectivity index (χ0v) is 15.7. The molecule has 1 aliphatic heterocycles. The van der Waals surface area contributed by atoms with Gasteiger partial charge in [0.05, 0.1) is 5.69 Å². The maximum atomic E-state index is 12.7. The highest BCUT2D eigenvalue weighted by atomic mass is 35.5. The molecule has 1 N–H and O–H groups in total. The molecule has 25 heavy (non-hydrogen) atoms. The first-order valence-electron chi connectivity index (χ1n) is 9.06. The van der Waals surface area contributed by atoms with E-state index in [2.05, 4.69) is 35.0 Å². The number of halogens is 1. The first-order valence-corrected chi connectivity index (χ1v) is 9.44. The van der Waals surface area contributed by atoms with Crippen molar-refractivity contribution >= 4 is 17.4 Å². The van der Waals surface area contributed by atoms with Gasteiger partial charge in [-0.15, -0.1) is 0 Å². The lowest BCUT2D eigenvalue weighted by Gasteiger charge is -2.31. The number of benzene rings is 1. The van der Waals surface area contributed by atoms with Gasteiger partial charge in [-0.1, -0.05) is 25.4 Å². The quantitative estimate of drug-likeness (QED) is 0.780. The molecule has 5 heteroatoms. The van der Waals surface area contributed by atoms with Crippen LogP contribution in [0.15, 0.2) is 30.3 Å². The first-order chi connectivity index (χ1) is 12.0. The summed E-state index contributed by atoms with van der Waals surface area (Å²) in [7, 11) is 0. The number of nitrogens with one attached hydrogen (secondary N) is 1. The molecule has 0 spiro atoms. The average Bonchev–Trinajstić information content (AvgIpc) is 3.01. The Morgan fingerprint density at radius 3 is 2.84 bits per heavy atom. The van der Waals surface area contributed by atoms with E-state index in [1.165, 1.54) is 0 Å². The topological polar surface area (TPSA) is 49.0 Å². The summed E-state index contributed by atoms with van der Waals surface area (Å²) in [5, 5.41) is 8.21. The number of carbonyl (C=O) groups excluding carboxylic acids is 1. The number of ketones is 1. The van der Waals surface area contributed by atoms with E-state index >= 15 is 0 Å². The smallest absolute Gasteiger partial charge is 0.167 e. The van der Waals surface area contributed by atoms with E-state index < -0.39 is 0 Å². The molecule has 4 nitrogen and oxygen atoms in total. The molecule has 1 aliphatic rings. The van der Waals surface area contributed by atoms with Gasteiger partial charge < -0.3 is 0 Å². The number of aromatic nitrogens is 2. The van der Waals surface area contributed by atoms with Crippen molar-refractivity contribution in [1.29, 1.82) is 0 Å². The molecule has 1 fully saturated rings. The van der Waals surface area contributed by atoms with Crippen molar-refractivity contribution in [1.82, 2.24) is 15.1 Å². The van der Waals surface area contributed by atoms with Crippen LogP contribution in [0.4, 0.5) is 0 Å². The predicted octanol–water partition coefficient (Wildman–Crippen LogP) is 4.36. The minimum atomic E-state index is 0.0629. The summed E-state index contributed by atoms with van der Waals surface area (Å²) < 4.78 is 0. The molecule has 0 aliphatic carbocycles. The fourth-order valence-corrected chi connectivity index (χ4v) is 3.64. The van der Waals surface area contributed by atoms with Gasteiger partial charge in [0.25, 0.3) is 0 Å². The van der Waals surface area contributed by atoms with E-state index in [9.17, 15) is 4.79 Å². The van der Waals surface area contributed by atoms with Gasteiger partial charge in [-0.05, 0) is 62.1 Å². The fourth-order valence-electron chi connectivity index (χ4n) is 3.52. The second-order valence-electron chi connectivity index (χ2n) is 7.43. The Balaban J connectivity index is 1.60. The SMILES string of the molecule is CC(C)Cc1cc(CN2CCC[C@@H](C(=O)c3ccc(Cl)cc3)C2)[nH]n1. The number of piperidine rings is 1. The third-order valence-electron chi connectivity index (χ3n) is 4.70. The summed E-state index contributed by atoms with van der Waals surface area (Å²) in [6, 6.07) is 9.39. The van der Waals surface area contributed by atoms with E-state index in [0.717, 1.165) is 55.8 Å². The minimum Gasteiger partial charge on any atom is -0.297 e. The van der Waals surface area contributed by atoms with E-state index in [4.69, 9.17) is 11.6 Å². The zero-order chi connectivity index (χ0) is 17.8. The molecule has 0 radical (unpaired) electrons. The molecule has 0 amide bonds. The van der Waals surface area contributed by atoms with Crippen LogP contribution in [-0.4, -0.2) is 34.0 Å². The Morgan fingerprint density at radius 1 is 1.36 bits per heavy atom. The third kappa shape index (κ3) is 4.93. The fraction of sp³-hybridized carbons (Fsp3) is 0.500. The summed E-state index contributed by atoms with van der Waals surface area (Å²) in [5.74, 6) is 0.895. The number of aromatic amines is 1. The largest absolute Gasteiger partial charge is 0.297 e. The molecule has 0 saturated carbocycles. The second-order valence-corrected chi connectivity index (χ2v) is 7.86. The number of likely N-dealkylation sites (tertiary alicyclic amines) is 1. The number of rotatable bonds is 6. The molecule has 0 bridgehead atoms. The van der Waals surface area contributed by atoms with E-state index in [-0.39, 0.29) is 11.7 Å². The van der Waals surface area contributed by atoms with Crippen molar-refractivity contribution < 1.29 is 4.79 Å². The monoisotopic (exact) mass is 359 g/mol. The highest BCUT2D eigenvalue weighted by Crippen LogP contribution is 2.23. The number of nitrogens with zero attached hydrogens (tertiary/aromatic N) is 2. The number of carbonyl (C=O) groups is 1. The highest BCUT2D eigenvalue weighted by Gasteiger charge is 2.26. The lowest BCUT2D eigenvalue weighted by Crippen LogP contribution is -2.38. The molecule has 1 atom stereocenters. The van der Waals surface area contributed by atoms with Gasteiger partial charge in [-0.2, -0.15) is 5.10 Å². The summed E-state index contributed by atoms with van der Waals surface area (Å²) in [5.41, 5.74) is 3.02. The molecule has 1 saturated heterocycles. The standard InChI is InChI=1S/C20H26ClN3O/c1-14(2)10-18-11-19(23-22-18)13-24-9-3-4-16(12-24)20(25)15-5-7-17(21)8-6-15/h5-8,11,14,16H,3-4,9-10,12-13H2,1-2H3,(H,22,23)/t16-/m1/s1. The highest BCUT2D eigenvalue weighted by molar-refractivity contribution is 6.30. The normalized spacial score (nSPS) is 18.6. The van der Waals surface area contributed by atoms with Gasteiger partial charge in [-0.25, -0.2) is 0 Å². The first kappa shape index (κ1) is 18.2. The molecular weight excluding hydrogens is 334 g/mol. The van der Waals surface area contributed by atoms with Crippen molar-refractivity contribution in [2.75, 3.05) is 13.1 Å². The van der Waals surface area contributed by atoms with Crippen LogP contribution in [0, 0.1) is 11.8 Å². The summed E-state index contributed by atoms with van der Waals surface area (Å²) in [6.07, 6.45) is 3.00. The predicted molar refractivity (Wildman–Crippen MR) is 101 cm³/mol. The second kappa shape index (κ2) is 8.15. The van der Waals surface area contributed by atoms with Gasteiger partial charge >= 0.3 is 0 Å². The Hall–Kier alpha value is -1.65. The third-order valence-corrected chi connectivity index (χ3v) is 4.95. The van der Waals surface area contributed by atoms with Crippen molar-refractivity contribution in [2.24, 2.45) is 11.8 Å². The van der Waals surface area contributed by atoms with Crippen molar-refractivity contribution in [3.8, 4) is 0 Å². The molecule has 1 aromatic carbocycles. The Labute approximate surface area is 154 Å². The van der Waals surface area contributed by atoms with Crippen LogP contribution >= 0.6 is 11.6 Å². The van der Waals surface area contributed by atoms with Crippen LogP contribution in [0.1, 0.15) is 48.4 Å². The number of H-pyrrole nitrogens is 1. The minimum absolute atomic E-state index is 0.0629. The van der Waals surface area contributed by atoms with Crippen LogP contribution < -0.4 is 0 Å². The van der Waals surface area contributed by atoms with E-state index in [1.54, 1.807) is 12.1 Å². The van der Waals surface area contributed by atoms with Gasteiger partial charge in [0, 0.05) is 35.3 Å². The molecule has 134 valence electrons. The maximum Gasteiger partial charge on any atom is 0.167 e. The average molecular weight is 360 g/mol. The van der Waals surface area contributed by atoms with Crippen LogP contribution in [-0.2, 0) is 13.0 Å². The number of hydrogen-bond acceptors (Lipinski definition) is 3. The summed E-state index contributed by atoms with van der Waals surface area (Å²) >= 11 is 5.92. The summed E-state index contributed by atoms with van der Waals surface area (Å²) in [6.45, 7) is 7.07. The lowest BCUT2D eigenvalue weighted by atomic mass is 9.90. The zero-order valence-electron chi connectivity index (χ0n) is 15.0.